The number of hydrogen-bond acceptors (Lipinski definition) is 6. The van der Waals surface area contributed by atoms with E-state index in [1.807, 2.05) is 24.3 Å². The SMILES string of the molecule is COC(=O)[C@]1(C)N[C@@H](c2ccccc2OC)[C@H]2C(=O)N(c3ccccc3)C(=O)[C@@H]21. The van der Waals surface area contributed by atoms with Gasteiger partial charge in [-0.3, -0.25) is 19.7 Å². The first-order valence-corrected chi connectivity index (χ1v) is 9.36. The summed E-state index contributed by atoms with van der Waals surface area (Å²) in [7, 11) is 2.82. The molecule has 0 spiro atoms. The second-order valence-corrected chi connectivity index (χ2v) is 7.41. The number of methoxy groups -OCH3 is 2. The Hall–Kier alpha value is -3.19. The number of hydrogen-bond donors (Lipinski definition) is 1. The van der Waals surface area contributed by atoms with E-state index in [0.717, 1.165) is 0 Å². The van der Waals surface area contributed by atoms with Crippen LogP contribution in [0.4, 0.5) is 5.69 Å². The van der Waals surface area contributed by atoms with Crippen LogP contribution in [0, 0.1) is 11.8 Å². The van der Waals surface area contributed by atoms with Crippen LogP contribution in [0.1, 0.15) is 18.5 Å². The summed E-state index contributed by atoms with van der Waals surface area (Å²) in [5, 5.41) is 3.22. The van der Waals surface area contributed by atoms with Crippen LogP contribution in [0.25, 0.3) is 0 Å². The Morgan fingerprint density at radius 2 is 1.66 bits per heavy atom. The van der Waals surface area contributed by atoms with Crippen LogP contribution in [0.3, 0.4) is 0 Å². The van der Waals surface area contributed by atoms with E-state index in [1.54, 1.807) is 44.4 Å². The molecular weight excluding hydrogens is 372 g/mol. The smallest absolute Gasteiger partial charge is 0.326 e. The van der Waals surface area contributed by atoms with Gasteiger partial charge in [-0.2, -0.15) is 0 Å². The molecule has 0 aliphatic carbocycles. The van der Waals surface area contributed by atoms with Crippen molar-refractivity contribution in [3.63, 3.8) is 0 Å². The summed E-state index contributed by atoms with van der Waals surface area (Å²) in [5.41, 5.74) is -0.141. The quantitative estimate of drug-likeness (QED) is 0.631. The van der Waals surface area contributed by atoms with E-state index >= 15 is 0 Å². The number of para-hydroxylation sites is 2. The van der Waals surface area contributed by atoms with Crippen LogP contribution in [0.2, 0.25) is 0 Å². The van der Waals surface area contributed by atoms with Crippen LogP contribution in [0.15, 0.2) is 54.6 Å². The van der Waals surface area contributed by atoms with E-state index in [4.69, 9.17) is 9.47 Å². The lowest BCUT2D eigenvalue weighted by Gasteiger charge is -2.29. The first-order chi connectivity index (χ1) is 13.9. The summed E-state index contributed by atoms with van der Waals surface area (Å²) in [4.78, 5) is 40.7. The highest BCUT2D eigenvalue weighted by Crippen LogP contribution is 2.51. The molecule has 2 heterocycles. The van der Waals surface area contributed by atoms with Gasteiger partial charge in [0.2, 0.25) is 11.8 Å². The normalized spacial score (nSPS) is 28.4. The monoisotopic (exact) mass is 394 g/mol. The summed E-state index contributed by atoms with van der Waals surface area (Å²) in [6.07, 6.45) is 0. The molecule has 2 aromatic carbocycles. The second kappa shape index (κ2) is 7.00. The van der Waals surface area contributed by atoms with Crippen LogP contribution in [-0.4, -0.2) is 37.5 Å². The van der Waals surface area contributed by atoms with E-state index in [-0.39, 0.29) is 5.91 Å². The zero-order valence-electron chi connectivity index (χ0n) is 16.4. The van der Waals surface area contributed by atoms with E-state index in [9.17, 15) is 14.4 Å². The van der Waals surface area contributed by atoms with Gasteiger partial charge in [-0.05, 0) is 25.1 Å². The number of carbonyl (C=O) groups excluding carboxylic acids is 3. The first-order valence-electron chi connectivity index (χ1n) is 9.36. The van der Waals surface area contributed by atoms with Crippen molar-refractivity contribution in [1.82, 2.24) is 5.32 Å². The van der Waals surface area contributed by atoms with Crippen LogP contribution < -0.4 is 15.0 Å². The van der Waals surface area contributed by atoms with Gasteiger partial charge in [0.05, 0.1) is 31.7 Å². The number of nitrogens with zero attached hydrogens (tertiary/aromatic N) is 1. The number of rotatable bonds is 4. The van der Waals surface area contributed by atoms with E-state index < -0.39 is 35.3 Å². The third-order valence-electron chi connectivity index (χ3n) is 5.89. The van der Waals surface area contributed by atoms with Crippen molar-refractivity contribution in [3.8, 4) is 5.75 Å². The minimum Gasteiger partial charge on any atom is -0.496 e. The van der Waals surface area contributed by atoms with Crippen LogP contribution in [-0.2, 0) is 19.1 Å². The van der Waals surface area contributed by atoms with Gasteiger partial charge < -0.3 is 9.47 Å². The number of ether oxygens (including phenoxy) is 2. The molecule has 4 atom stereocenters. The average Bonchev–Trinajstić information content (AvgIpc) is 3.21. The molecule has 4 rings (SSSR count). The van der Waals surface area contributed by atoms with Crippen molar-refractivity contribution in [2.45, 2.75) is 18.5 Å². The molecule has 29 heavy (non-hydrogen) atoms. The van der Waals surface area contributed by atoms with E-state index in [1.165, 1.54) is 12.0 Å². The minimum absolute atomic E-state index is 0.345. The fourth-order valence-corrected chi connectivity index (χ4v) is 4.56. The van der Waals surface area contributed by atoms with Gasteiger partial charge in [-0.1, -0.05) is 36.4 Å². The van der Waals surface area contributed by atoms with Crippen molar-refractivity contribution < 1.29 is 23.9 Å². The first kappa shape index (κ1) is 19.1. The summed E-state index contributed by atoms with van der Waals surface area (Å²) < 4.78 is 10.5. The van der Waals surface area contributed by atoms with E-state index in [0.29, 0.717) is 17.0 Å². The zero-order valence-corrected chi connectivity index (χ0v) is 16.4. The van der Waals surface area contributed by atoms with Gasteiger partial charge in [0.15, 0.2) is 0 Å². The predicted octanol–water partition coefficient (Wildman–Crippen LogP) is 2.08. The molecule has 2 amide bonds. The third-order valence-corrected chi connectivity index (χ3v) is 5.89. The van der Waals surface area contributed by atoms with Crippen molar-refractivity contribution >= 4 is 23.5 Å². The fourth-order valence-electron chi connectivity index (χ4n) is 4.56. The number of imide groups is 1. The molecule has 0 radical (unpaired) electrons. The Labute approximate surface area is 168 Å². The molecule has 0 bridgehead atoms. The Morgan fingerprint density at radius 1 is 1.00 bits per heavy atom. The third kappa shape index (κ3) is 2.73. The van der Waals surface area contributed by atoms with Gasteiger partial charge in [0, 0.05) is 11.6 Å². The molecule has 1 N–H and O–H groups in total. The number of benzene rings is 2. The Bertz CT molecular complexity index is 976. The van der Waals surface area contributed by atoms with Gasteiger partial charge in [0.1, 0.15) is 11.3 Å². The molecule has 2 aromatic rings. The standard InChI is InChI=1S/C22H22N2O5/c1-22(21(27)29-3)17-16(18(23-22)14-11-7-8-12-15(14)28-2)19(25)24(20(17)26)13-9-5-4-6-10-13/h4-12,16-18,23H,1-3H3/t16-,17+,18-,22+/m0/s1. The Balaban J connectivity index is 1.86. The molecule has 2 saturated heterocycles. The molecular formula is C22H22N2O5. The van der Waals surface area contributed by atoms with Gasteiger partial charge >= 0.3 is 5.97 Å². The molecule has 0 unspecified atom stereocenters. The van der Waals surface area contributed by atoms with Crippen molar-refractivity contribution in [2.24, 2.45) is 11.8 Å². The molecule has 0 aromatic heterocycles. The molecule has 2 fully saturated rings. The maximum Gasteiger partial charge on any atom is 0.326 e. The highest BCUT2D eigenvalue weighted by atomic mass is 16.5. The lowest BCUT2D eigenvalue weighted by molar-refractivity contribution is -0.151. The highest BCUT2D eigenvalue weighted by molar-refractivity contribution is 6.24. The van der Waals surface area contributed by atoms with Crippen molar-refractivity contribution in [2.75, 3.05) is 19.1 Å². The van der Waals surface area contributed by atoms with Crippen LogP contribution >= 0.6 is 0 Å². The van der Waals surface area contributed by atoms with Crippen LogP contribution in [0.5, 0.6) is 5.75 Å². The molecule has 7 heteroatoms. The number of carbonyl (C=O) groups is 3. The summed E-state index contributed by atoms with van der Waals surface area (Å²) in [6.45, 7) is 1.62. The minimum atomic E-state index is -1.35. The summed E-state index contributed by atoms with van der Waals surface area (Å²) in [6, 6.07) is 15.5. The number of anilines is 1. The average molecular weight is 394 g/mol. The Morgan fingerprint density at radius 3 is 2.31 bits per heavy atom. The summed E-state index contributed by atoms with van der Waals surface area (Å²) >= 11 is 0. The predicted molar refractivity (Wildman–Crippen MR) is 105 cm³/mol. The molecule has 2 aliphatic heterocycles. The highest BCUT2D eigenvalue weighted by Gasteiger charge is 2.67. The lowest BCUT2D eigenvalue weighted by atomic mass is 9.80. The van der Waals surface area contributed by atoms with Gasteiger partial charge in [0.25, 0.3) is 0 Å². The maximum absolute atomic E-state index is 13.5. The largest absolute Gasteiger partial charge is 0.496 e. The molecule has 150 valence electrons. The van der Waals surface area contributed by atoms with Crippen molar-refractivity contribution in [1.29, 1.82) is 0 Å². The zero-order chi connectivity index (χ0) is 20.8. The fraction of sp³-hybridized carbons (Fsp3) is 0.318. The van der Waals surface area contributed by atoms with Crippen molar-refractivity contribution in [3.05, 3.63) is 60.2 Å². The number of fused-ring (bicyclic) bond motifs is 1. The maximum atomic E-state index is 13.5. The number of amides is 2. The van der Waals surface area contributed by atoms with E-state index in [2.05, 4.69) is 5.32 Å². The topological polar surface area (TPSA) is 84.9 Å². The molecule has 7 nitrogen and oxygen atoms in total. The van der Waals surface area contributed by atoms with Gasteiger partial charge in [-0.15, -0.1) is 0 Å². The number of nitrogens with one attached hydrogen (secondary N) is 1. The second-order valence-electron chi connectivity index (χ2n) is 7.41. The number of esters is 1. The van der Waals surface area contributed by atoms with Gasteiger partial charge in [-0.25, -0.2) is 4.90 Å². The molecule has 2 aliphatic rings. The summed E-state index contributed by atoms with van der Waals surface area (Å²) in [5.74, 6) is -2.41. The lowest BCUT2D eigenvalue weighted by Crippen LogP contribution is -2.54. The Kier molecular flexibility index (Phi) is 4.62. The molecule has 0 saturated carbocycles.